The van der Waals surface area contributed by atoms with Gasteiger partial charge >= 0.3 is 0 Å². The molecule has 3 heterocycles. The first-order valence-electron chi connectivity index (χ1n) is 10.2. The third-order valence-electron chi connectivity index (χ3n) is 5.39. The van der Waals surface area contributed by atoms with Gasteiger partial charge in [-0.3, -0.25) is 14.2 Å². The number of benzene rings is 2. The highest BCUT2D eigenvalue weighted by atomic mass is 35.5. The van der Waals surface area contributed by atoms with E-state index in [9.17, 15) is 14.0 Å². The standard InChI is InChI=1S/C23H17ClFN7O2/c24-20-15(25)6-7-16-19(20)23(34)32(13-4-2-1-3-5-13)21(29-16)17(10-26)30-22(33)14-11-28-31-12-27-9-8-18(14)31/h1-9,11-12,17H,10,26H2,(H,30,33)/t17-/m0/s1. The first kappa shape index (κ1) is 21.7. The highest BCUT2D eigenvalue weighted by molar-refractivity contribution is 6.35. The van der Waals surface area contributed by atoms with Crippen LogP contribution in [0.2, 0.25) is 5.02 Å². The summed E-state index contributed by atoms with van der Waals surface area (Å²) in [7, 11) is 0. The summed E-state index contributed by atoms with van der Waals surface area (Å²) in [6.07, 6.45) is 4.45. The Morgan fingerprint density at radius 3 is 2.74 bits per heavy atom. The summed E-state index contributed by atoms with van der Waals surface area (Å²) in [6.45, 7) is -0.0633. The number of para-hydroxylation sites is 1. The Hall–Kier alpha value is -4.15. The minimum atomic E-state index is -0.856. The lowest BCUT2D eigenvalue weighted by Crippen LogP contribution is -2.38. The van der Waals surface area contributed by atoms with Crippen LogP contribution in [0.15, 0.2) is 72.0 Å². The first-order chi connectivity index (χ1) is 16.5. The number of nitrogens with one attached hydrogen (secondary N) is 1. The molecule has 0 spiro atoms. The van der Waals surface area contributed by atoms with E-state index in [4.69, 9.17) is 17.3 Å². The predicted molar refractivity (Wildman–Crippen MR) is 125 cm³/mol. The lowest BCUT2D eigenvalue weighted by atomic mass is 10.1. The van der Waals surface area contributed by atoms with Crippen LogP contribution < -0.4 is 16.6 Å². The smallest absolute Gasteiger partial charge is 0.267 e. The minimum absolute atomic E-state index is 0.0633. The number of aromatic nitrogens is 5. The maximum atomic E-state index is 14.1. The molecule has 0 aliphatic carbocycles. The van der Waals surface area contributed by atoms with Crippen LogP contribution >= 0.6 is 11.6 Å². The van der Waals surface area contributed by atoms with Gasteiger partial charge in [-0.1, -0.05) is 29.8 Å². The van der Waals surface area contributed by atoms with Gasteiger partial charge in [0.25, 0.3) is 11.5 Å². The molecule has 5 rings (SSSR count). The number of hydrogen-bond acceptors (Lipinski definition) is 6. The molecule has 0 aliphatic heterocycles. The highest BCUT2D eigenvalue weighted by Crippen LogP contribution is 2.25. The van der Waals surface area contributed by atoms with Crippen molar-refractivity contribution in [2.45, 2.75) is 6.04 Å². The first-order valence-corrected chi connectivity index (χ1v) is 10.6. The Labute approximate surface area is 196 Å². The molecule has 0 saturated carbocycles. The Bertz CT molecular complexity index is 1600. The van der Waals surface area contributed by atoms with E-state index in [1.807, 2.05) is 0 Å². The molecule has 3 N–H and O–H groups in total. The quantitative estimate of drug-likeness (QED) is 0.401. The normalized spacial score (nSPS) is 12.2. The number of rotatable bonds is 5. The summed E-state index contributed by atoms with van der Waals surface area (Å²) >= 11 is 6.13. The van der Waals surface area contributed by atoms with Gasteiger partial charge in [-0.15, -0.1) is 0 Å². The van der Waals surface area contributed by atoms with Crippen molar-refractivity contribution in [3.63, 3.8) is 0 Å². The number of carbonyl (C=O) groups excluding carboxylic acids is 1. The Kier molecular flexibility index (Phi) is 5.52. The van der Waals surface area contributed by atoms with Crippen molar-refractivity contribution in [2.75, 3.05) is 6.54 Å². The molecule has 5 aromatic rings. The van der Waals surface area contributed by atoms with Crippen LogP contribution in [0.3, 0.4) is 0 Å². The molecule has 1 amide bonds. The van der Waals surface area contributed by atoms with Crippen molar-refractivity contribution in [1.29, 1.82) is 0 Å². The number of nitrogens with two attached hydrogens (primary N) is 1. The maximum Gasteiger partial charge on any atom is 0.267 e. The van der Waals surface area contributed by atoms with Crippen molar-refractivity contribution in [2.24, 2.45) is 5.73 Å². The van der Waals surface area contributed by atoms with Gasteiger partial charge in [0.15, 0.2) is 0 Å². The minimum Gasteiger partial charge on any atom is -0.341 e. The van der Waals surface area contributed by atoms with Crippen molar-refractivity contribution < 1.29 is 9.18 Å². The zero-order chi connectivity index (χ0) is 23.8. The van der Waals surface area contributed by atoms with Gasteiger partial charge in [-0.2, -0.15) is 5.10 Å². The second-order valence-corrected chi connectivity index (χ2v) is 7.81. The molecule has 0 saturated heterocycles. The van der Waals surface area contributed by atoms with E-state index in [0.29, 0.717) is 16.8 Å². The van der Waals surface area contributed by atoms with Crippen LogP contribution in [-0.4, -0.2) is 36.6 Å². The molecule has 1 atom stereocenters. The van der Waals surface area contributed by atoms with Crippen LogP contribution in [0.5, 0.6) is 0 Å². The Morgan fingerprint density at radius 2 is 1.97 bits per heavy atom. The van der Waals surface area contributed by atoms with E-state index in [2.05, 4.69) is 20.4 Å². The highest BCUT2D eigenvalue weighted by Gasteiger charge is 2.25. The number of fused-ring (bicyclic) bond motifs is 2. The van der Waals surface area contributed by atoms with E-state index in [1.54, 1.807) is 42.6 Å². The van der Waals surface area contributed by atoms with Crippen molar-refractivity contribution >= 4 is 33.9 Å². The van der Waals surface area contributed by atoms with Crippen molar-refractivity contribution in [3.05, 3.63) is 99.8 Å². The lowest BCUT2D eigenvalue weighted by molar-refractivity contribution is 0.0937. The molecular weight excluding hydrogens is 461 g/mol. The van der Waals surface area contributed by atoms with Gasteiger partial charge in [0.1, 0.15) is 24.0 Å². The fourth-order valence-corrected chi connectivity index (χ4v) is 4.01. The molecular formula is C23H17ClFN7O2. The fourth-order valence-electron chi connectivity index (χ4n) is 3.77. The topological polar surface area (TPSA) is 120 Å². The van der Waals surface area contributed by atoms with Crippen LogP contribution in [0.4, 0.5) is 4.39 Å². The van der Waals surface area contributed by atoms with Crippen molar-refractivity contribution in [3.8, 4) is 5.69 Å². The molecule has 2 aromatic carbocycles. The van der Waals surface area contributed by atoms with Gasteiger partial charge in [0.2, 0.25) is 0 Å². The molecule has 0 unspecified atom stereocenters. The molecule has 0 radical (unpaired) electrons. The van der Waals surface area contributed by atoms with Gasteiger partial charge in [0, 0.05) is 12.7 Å². The molecule has 11 heteroatoms. The number of amides is 1. The van der Waals surface area contributed by atoms with Gasteiger partial charge in [-0.25, -0.2) is 18.9 Å². The predicted octanol–water partition coefficient (Wildman–Crippen LogP) is 2.65. The number of nitrogens with zero attached hydrogens (tertiary/aromatic N) is 5. The second kappa shape index (κ2) is 8.65. The summed E-state index contributed by atoms with van der Waals surface area (Å²) in [4.78, 5) is 35.2. The second-order valence-electron chi connectivity index (χ2n) is 7.43. The molecule has 0 aliphatic rings. The number of hydrogen-bond donors (Lipinski definition) is 2. The third-order valence-corrected chi connectivity index (χ3v) is 5.76. The van der Waals surface area contributed by atoms with Gasteiger partial charge in [-0.05, 0) is 30.3 Å². The summed E-state index contributed by atoms with van der Waals surface area (Å²) in [6, 6.07) is 12.0. The van der Waals surface area contributed by atoms with Gasteiger partial charge in [0.05, 0.1) is 38.9 Å². The van der Waals surface area contributed by atoms with Crippen LogP contribution in [0, 0.1) is 5.82 Å². The van der Waals surface area contributed by atoms with Gasteiger partial charge < -0.3 is 11.1 Å². The van der Waals surface area contributed by atoms with Crippen LogP contribution in [-0.2, 0) is 0 Å². The fraction of sp³-hybridized carbons (Fsp3) is 0.0870. The maximum absolute atomic E-state index is 14.1. The van der Waals surface area contributed by atoms with E-state index in [0.717, 1.165) is 6.07 Å². The van der Waals surface area contributed by atoms with E-state index in [-0.39, 0.29) is 28.3 Å². The molecule has 3 aromatic heterocycles. The summed E-state index contributed by atoms with van der Waals surface area (Å²) in [5.74, 6) is -1.00. The zero-order valence-corrected chi connectivity index (χ0v) is 18.3. The molecule has 9 nitrogen and oxygen atoms in total. The Balaban J connectivity index is 1.67. The Morgan fingerprint density at radius 1 is 1.18 bits per heavy atom. The average molecular weight is 478 g/mol. The SMILES string of the molecule is NC[C@H](NC(=O)c1cnn2cnccc12)c1nc2ccc(F)c(Cl)c2c(=O)n1-c1ccccc1. The molecule has 34 heavy (non-hydrogen) atoms. The van der Waals surface area contributed by atoms with Crippen LogP contribution in [0.1, 0.15) is 22.2 Å². The number of halogens is 2. The van der Waals surface area contributed by atoms with E-state index >= 15 is 0 Å². The molecule has 170 valence electrons. The number of carbonyl (C=O) groups is 1. The van der Waals surface area contributed by atoms with Crippen LogP contribution in [0.25, 0.3) is 22.1 Å². The largest absolute Gasteiger partial charge is 0.341 e. The summed E-state index contributed by atoms with van der Waals surface area (Å²) < 4.78 is 16.9. The molecule has 0 fully saturated rings. The lowest BCUT2D eigenvalue weighted by Gasteiger charge is -2.21. The summed E-state index contributed by atoms with van der Waals surface area (Å²) in [5.41, 5.74) is 6.96. The van der Waals surface area contributed by atoms with E-state index in [1.165, 1.54) is 27.7 Å². The third kappa shape index (κ3) is 3.58. The summed E-state index contributed by atoms with van der Waals surface area (Å²) in [5, 5.41) is 6.58. The van der Waals surface area contributed by atoms with E-state index < -0.39 is 23.3 Å². The average Bonchev–Trinajstić information content (AvgIpc) is 3.29. The molecule has 0 bridgehead atoms. The zero-order valence-electron chi connectivity index (χ0n) is 17.5. The monoisotopic (exact) mass is 477 g/mol. The van der Waals surface area contributed by atoms with Crippen molar-refractivity contribution in [1.82, 2.24) is 29.5 Å².